The number of hydrogen-bond acceptors (Lipinski definition) is 5. The van der Waals surface area contributed by atoms with E-state index in [0.717, 1.165) is 24.0 Å². The maximum Gasteiger partial charge on any atom is 0.261 e. The molecule has 0 spiro atoms. The average Bonchev–Trinajstić information content (AvgIpc) is 3.32. The van der Waals surface area contributed by atoms with Gasteiger partial charge >= 0.3 is 0 Å². The smallest absolute Gasteiger partial charge is 0.261 e. The molecule has 1 unspecified atom stereocenters. The van der Waals surface area contributed by atoms with E-state index in [0.29, 0.717) is 37.6 Å². The zero-order valence-corrected chi connectivity index (χ0v) is 19.8. The standard InChI is InChI=1S/C24H32N2O5S/c1-4-22(31-23-12-7-18(2)17-19(23)3)24(27)25-13-16-30-20-8-10-21(11-9-20)32(28,29)26-14-5-6-15-26/h7-12,17,22H,4-6,13-16H2,1-3H3,(H,25,27). The fraction of sp³-hybridized carbons (Fsp3) is 0.458. The zero-order valence-electron chi connectivity index (χ0n) is 19.0. The number of ether oxygens (including phenoxy) is 2. The van der Waals surface area contributed by atoms with Crippen molar-refractivity contribution in [2.24, 2.45) is 0 Å². The Balaban J connectivity index is 1.46. The summed E-state index contributed by atoms with van der Waals surface area (Å²) in [5, 5.41) is 2.84. The number of nitrogens with one attached hydrogen (secondary N) is 1. The van der Waals surface area contributed by atoms with Crippen molar-refractivity contribution in [3.05, 3.63) is 53.6 Å². The Morgan fingerprint density at radius 1 is 1.09 bits per heavy atom. The van der Waals surface area contributed by atoms with E-state index in [4.69, 9.17) is 9.47 Å². The first-order chi connectivity index (χ1) is 15.3. The minimum absolute atomic E-state index is 0.192. The molecule has 2 aromatic rings. The Morgan fingerprint density at radius 3 is 2.41 bits per heavy atom. The number of benzene rings is 2. The molecule has 3 rings (SSSR count). The van der Waals surface area contributed by atoms with Gasteiger partial charge in [-0.3, -0.25) is 4.79 Å². The van der Waals surface area contributed by atoms with Gasteiger partial charge in [-0.2, -0.15) is 4.31 Å². The number of aryl methyl sites for hydroxylation is 2. The molecular weight excluding hydrogens is 428 g/mol. The quantitative estimate of drug-likeness (QED) is 0.549. The van der Waals surface area contributed by atoms with Gasteiger partial charge in [0.15, 0.2) is 6.10 Å². The van der Waals surface area contributed by atoms with Gasteiger partial charge in [-0.1, -0.05) is 24.6 Å². The van der Waals surface area contributed by atoms with Gasteiger partial charge in [0, 0.05) is 13.1 Å². The van der Waals surface area contributed by atoms with Crippen LogP contribution in [0.4, 0.5) is 0 Å². The maximum absolute atomic E-state index is 12.6. The number of hydrogen-bond donors (Lipinski definition) is 1. The van der Waals surface area contributed by atoms with Gasteiger partial charge in [0.25, 0.3) is 5.91 Å². The molecule has 8 heteroatoms. The predicted octanol–water partition coefficient (Wildman–Crippen LogP) is 3.44. The highest BCUT2D eigenvalue weighted by Gasteiger charge is 2.27. The van der Waals surface area contributed by atoms with Gasteiger partial charge in [-0.05, 0) is 69.0 Å². The predicted molar refractivity (Wildman–Crippen MR) is 124 cm³/mol. The molecule has 1 amide bonds. The van der Waals surface area contributed by atoms with E-state index in [-0.39, 0.29) is 17.4 Å². The van der Waals surface area contributed by atoms with E-state index in [9.17, 15) is 13.2 Å². The van der Waals surface area contributed by atoms with Gasteiger partial charge in [-0.15, -0.1) is 0 Å². The number of carbonyl (C=O) groups excluding carboxylic acids is 1. The Bertz CT molecular complexity index is 1020. The van der Waals surface area contributed by atoms with Gasteiger partial charge in [0.2, 0.25) is 10.0 Å². The van der Waals surface area contributed by atoms with Gasteiger partial charge in [0.05, 0.1) is 11.4 Å². The highest BCUT2D eigenvalue weighted by molar-refractivity contribution is 7.89. The lowest BCUT2D eigenvalue weighted by Gasteiger charge is -2.19. The second-order valence-corrected chi connectivity index (χ2v) is 9.94. The SMILES string of the molecule is CCC(Oc1ccc(C)cc1C)C(=O)NCCOc1ccc(S(=O)(=O)N2CCCC2)cc1. The summed E-state index contributed by atoms with van der Waals surface area (Å²) in [5.41, 5.74) is 2.14. The fourth-order valence-corrected chi connectivity index (χ4v) is 5.17. The summed E-state index contributed by atoms with van der Waals surface area (Å²) in [6, 6.07) is 12.3. The van der Waals surface area contributed by atoms with Crippen LogP contribution in [0.2, 0.25) is 0 Å². The highest BCUT2D eigenvalue weighted by atomic mass is 32.2. The lowest BCUT2D eigenvalue weighted by molar-refractivity contribution is -0.128. The van der Waals surface area contributed by atoms with E-state index in [1.165, 1.54) is 4.31 Å². The van der Waals surface area contributed by atoms with E-state index in [2.05, 4.69) is 5.32 Å². The van der Waals surface area contributed by atoms with Crippen molar-refractivity contribution in [2.75, 3.05) is 26.2 Å². The summed E-state index contributed by atoms with van der Waals surface area (Å²) in [6.07, 6.45) is 1.78. The van der Waals surface area contributed by atoms with Crippen molar-refractivity contribution >= 4 is 15.9 Å². The fourth-order valence-electron chi connectivity index (χ4n) is 3.65. The molecule has 0 radical (unpaired) electrons. The average molecular weight is 461 g/mol. The summed E-state index contributed by atoms with van der Waals surface area (Å²) >= 11 is 0. The first kappa shape index (κ1) is 24.1. The van der Waals surface area contributed by atoms with E-state index >= 15 is 0 Å². The first-order valence-electron chi connectivity index (χ1n) is 11.1. The second-order valence-electron chi connectivity index (χ2n) is 8.01. The van der Waals surface area contributed by atoms with Crippen molar-refractivity contribution < 1.29 is 22.7 Å². The molecule has 0 saturated carbocycles. The van der Waals surface area contributed by atoms with Crippen LogP contribution in [-0.2, 0) is 14.8 Å². The summed E-state index contributed by atoms with van der Waals surface area (Å²) in [5.74, 6) is 1.07. The summed E-state index contributed by atoms with van der Waals surface area (Å²) < 4.78 is 38.2. The van der Waals surface area contributed by atoms with Crippen molar-refractivity contribution in [1.29, 1.82) is 0 Å². The van der Waals surface area contributed by atoms with Gasteiger partial charge < -0.3 is 14.8 Å². The molecule has 1 aliphatic heterocycles. The minimum atomic E-state index is -3.43. The van der Waals surface area contributed by atoms with Crippen LogP contribution in [0.25, 0.3) is 0 Å². The monoisotopic (exact) mass is 460 g/mol. The zero-order chi connectivity index (χ0) is 23.1. The molecule has 0 bridgehead atoms. The van der Waals surface area contributed by atoms with E-state index in [1.54, 1.807) is 24.3 Å². The molecule has 1 N–H and O–H groups in total. The lowest BCUT2D eigenvalue weighted by Crippen LogP contribution is -2.39. The van der Waals surface area contributed by atoms with Crippen LogP contribution in [0.3, 0.4) is 0 Å². The van der Waals surface area contributed by atoms with Crippen LogP contribution in [-0.4, -0.2) is 51.0 Å². The van der Waals surface area contributed by atoms with Crippen molar-refractivity contribution in [1.82, 2.24) is 9.62 Å². The normalized spacial score (nSPS) is 15.3. The molecule has 2 aromatic carbocycles. The number of amides is 1. The number of nitrogens with zero attached hydrogens (tertiary/aromatic N) is 1. The van der Waals surface area contributed by atoms with Crippen molar-refractivity contribution in [3.63, 3.8) is 0 Å². The molecule has 0 aromatic heterocycles. The van der Waals surface area contributed by atoms with Crippen molar-refractivity contribution in [3.8, 4) is 11.5 Å². The topological polar surface area (TPSA) is 84.9 Å². The molecule has 7 nitrogen and oxygen atoms in total. The third kappa shape index (κ3) is 6.01. The lowest BCUT2D eigenvalue weighted by atomic mass is 10.1. The van der Waals surface area contributed by atoms with Crippen molar-refractivity contribution in [2.45, 2.75) is 51.0 Å². The molecule has 1 fully saturated rings. The maximum atomic E-state index is 12.6. The number of rotatable bonds is 10. The molecule has 1 heterocycles. The molecule has 1 saturated heterocycles. The largest absolute Gasteiger partial charge is 0.492 e. The van der Waals surface area contributed by atoms with Gasteiger partial charge in [-0.25, -0.2) is 8.42 Å². The minimum Gasteiger partial charge on any atom is -0.492 e. The third-order valence-corrected chi connectivity index (χ3v) is 7.37. The summed E-state index contributed by atoms with van der Waals surface area (Å²) in [7, 11) is -3.43. The third-order valence-electron chi connectivity index (χ3n) is 5.46. The van der Waals surface area contributed by atoms with Crippen LogP contribution >= 0.6 is 0 Å². The van der Waals surface area contributed by atoms with Crippen LogP contribution < -0.4 is 14.8 Å². The first-order valence-corrected chi connectivity index (χ1v) is 12.5. The van der Waals surface area contributed by atoms with Gasteiger partial charge in [0.1, 0.15) is 18.1 Å². The van der Waals surface area contributed by atoms with E-state index in [1.807, 2.05) is 39.0 Å². The summed E-state index contributed by atoms with van der Waals surface area (Å²) in [4.78, 5) is 12.8. The molecular formula is C24H32N2O5S. The Kier molecular flexibility index (Phi) is 8.15. The summed E-state index contributed by atoms with van der Waals surface area (Å²) in [6.45, 7) is 7.62. The molecule has 174 valence electrons. The van der Waals surface area contributed by atoms with Crippen LogP contribution in [0.1, 0.15) is 37.3 Å². The molecule has 0 aliphatic carbocycles. The van der Waals surface area contributed by atoms with Crippen LogP contribution in [0.15, 0.2) is 47.4 Å². The Morgan fingerprint density at radius 2 is 1.78 bits per heavy atom. The molecule has 1 aliphatic rings. The van der Waals surface area contributed by atoms with Crippen LogP contribution in [0, 0.1) is 13.8 Å². The highest BCUT2D eigenvalue weighted by Crippen LogP contribution is 2.23. The van der Waals surface area contributed by atoms with E-state index < -0.39 is 16.1 Å². The molecule has 32 heavy (non-hydrogen) atoms. The Labute approximate surface area is 190 Å². The van der Waals surface area contributed by atoms with Crippen LogP contribution in [0.5, 0.6) is 11.5 Å². The number of sulfonamides is 1. The second kappa shape index (κ2) is 10.8. The number of carbonyl (C=O) groups is 1. The molecule has 1 atom stereocenters. The Hall–Kier alpha value is -2.58.